The van der Waals surface area contributed by atoms with Crippen LogP contribution in [0.2, 0.25) is 0 Å². The maximum absolute atomic E-state index is 11.2. The van der Waals surface area contributed by atoms with Crippen LogP contribution in [0.15, 0.2) is 72.9 Å². The van der Waals surface area contributed by atoms with Gasteiger partial charge >= 0.3 is 5.97 Å². The van der Waals surface area contributed by atoms with Crippen molar-refractivity contribution in [3.63, 3.8) is 0 Å². The summed E-state index contributed by atoms with van der Waals surface area (Å²) in [5, 5.41) is 0. The van der Waals surface area contributed by atoms with E-state index in [4.69, 9.17) is 9.47 Å². The van der Waals surface area contributed by atoms with E-state index < -0.39 is 0 Å². The molecule has 0 aromatic rings. The van der Waals surface area contributed by atoms with Crippen LogP contribution in [0.5, 0.6) is 0 Å². The minimum absolute atomic E-state index is 0.130. The Hall–Kier alpha value is -2.13. The number of carbonyl (C=O) groups excluding carboxylic acids is 1. The van der Waals surface area contributed by atoms with E-state index >= 15 is 0 Å². The largest absolute Gasteiger partial charge is 0.466 e. The molecule has 2 atom stereocenters. The average molecular weight is 371 g/mol. The summed E-state index contributed by atoms with van der Waals surface area (Å²) in [4.78, 5) is 11.2. The first-order valence-corrected chi connectivity index (χ1v) is 10.0. The average Bonchev–Trinajstić information content (AvgIpc) is 3.41. The Morgan fingerprint density at radius 2 is 1.63 bits per heavy atom. The second-order valence-electron chi connectivity index (χ2n) is 6.21. The second kappa shape index (κ2) is 16.1. The fourth-order valence-corrected chi connectivity index (χ4v) is 2.37. The predicted octanol–water partition coefficient (Wildman–Crippen LogP) is 6.01. The van der Waals surface area contributed by atoms with Gasteiger partial charge in [0, 0.05) is 6.42 Å². The number of esters is 1. The molecule has 1 heterocycles. The maximum Gasteiger partial charge on any atom is 0.306 e. The highest BCUT2D eigenvalue weighted by atomic mass is 16.6. The number of allylic oxidation sites excluding steroid dienone is 10. The van der Waals surface area contributed by atoms with Crippen molar-refractivity contribution < 1.29 is 14.3 Å². The fourth-order valence-electron chi connectivity index (χ4n) is 2.37. The molecule has 0 bridgehead atoms. The summed E-state index contributed by atoms with van der Waals surface area (Å²) in [6, 6.07) is 0. The third-order valence-electron chi connectivity index (χ3n) is 3.86. The van der Waals surface area contributed by atoms with Gasteiger partial charge in [-0.15, -0.1) is 0 Å². The van der Waals surface area contributed by atoms with Gasteiger partial charge in [0.05, 0.1) is 12.7 Å². The molecule has 0 radical (unpaired) electrons. The molecule has 0 N–H and O–H groups in total. The molecule has 0 aromatic heterocycles. The van der Waals surface area contributed by atoms with Crippen LogP contribution in [0, 0.1) is 0 Å². The standard InChI is InChI=1S/C24H34O3/c1-3-5-6-7-13-16-19-22-23(27-22)20-17-14-11-9-8-10-12-15-18-21-24(25)26-4-2/h5-6,8-9,11-17,20,22-23H,3-4,7,10,18-19,21H2,1-2H3/b6-5-,9-8-,14-11+,15-12-,16-13-,20-17+. The van der Waals surface area contributed by atoms with E-state index in [0.717, 1.165) is 32.1 Å². The highest BCUT2D eigenvalue weighted by molar-refractivity contribution is 5.69. The number of hydrogen-bond acceptors (Lipinski definition) is 3. The third-order valence-corrected chi connectivity index (χ3v) is 3.86. The van der Waals surface area contributed by atoms with Crippen molar-refractivity contribution in [3.8, 4) is 0 Å². The van der Waals surface area contributed by atoms with E-state index in [2.05, 4.69) is 49.5 Å². The number of hydrogen-bond donors (Lipinski definition) is 0. The molecule has 3 nitrogen and oxygen atoms in total. The highest BCUT2D eigenvalue weighted by Gasteiger charge is 2.34. The minimum atomic E-state index is -0.130. The van der Waals surface area contributed by atoms with Gasteiger partial charge in [0.2, 0.25) is 0 Å². The molecule has 0 saturated carbocycles. The predicted molar refractivity (Wildman–Crippen MR) is 114 cm³/mol. The van der Waals surface area contributed by atoms with E-state index in [1.165, 1.54) is 0 Å². The van der Waals surface area contributed by atoms with Crippen molar-refractivity contribution in [2.75, 3.05) is 6.61 Å². The van der Waals surface area contributed by atoms with E-state index in [1.54, 1.807) is 0 Å². The Kier molecular flexibility index (Phi) is 13.6. The molecule has 0 spiro atoms. The van der Waals surface area contributed by atoms with Gasteiger partial charge in [0.25, 0.3) is 0 Å². The summed E-state index contributed by atoms with van der Waals surface area (Å²) in [6.45, 7) is 4.42. The Labute approximate surface area is 164 Å². The lowest BCUT2D eigenvalue weighted by molar-refractivity contribution is -0.143. The van der Waals surface area contributed by atoms with Gasteiger partial charge in [0.1, 0.15) is 6.10 Å². The summed E-state index contributed by atoms with van der Waals surface area (Å²) in [5.41, 5.74) is 0. The highest BCUT2D eigenvalue weighted by Crippen LogP contribution is 2.26. The van der Waals surface area contributed by atoms with Crippen molar-refractivity contribution in [1.29, 1.82) is 0 Å². The van der Waals surface area contributed by atoms with Crippen LogP contribution >= 0.6 is 0 Å². The molecule has 2 unspecified atom stereocenters. The van der Waals surface area contributed by atoms with Gasteiger partial charge in [0.15, 0.2) is 0 Å². The van der Waals surface area contributed by atoms with Crippen molar-refractivity contribution in [3.05, 3.63) is 72.9 Å². The van der Waals surface area contributed by atoms with Crippen LogP contribution in [-0.4, -0.2) is 24.8 Å². The van der Waals surface area contributed by atoms with E-state index in [9.17, 15) is 4.79 Å². The van der Waals surface area contributed by atoms with Gasteiger partial charge in [-0.05, 0) is 39.0 Å². The number of rotatable bonds is 14. The van der Waals surface area contributed by atoms with E-state index in [0.29, 0.717) is 19.1 Å². The molecule has 1 rings (SSSR count). The third kappa shape index (κ3) is 13.7. The smallest absolute Gasteiger partial charge is 0.306 e. The van der Waals surface area contributed by atoms with Crippen molar-refractivity contribution in [2.45, 2.75) is 64.6 Å². The van der Waals surface area contributed by atoms with E-state index in [-0.39, 0.29) is 12.1 Å². The zero-order valence-corrected chi connectivity index (χ0v) is 16.8. The molecule has 3 heteroatoms. The molecule has 148 valence electrons. The van der Waals surface area contributed by atoms with Gasteiger partial charge < -0.3 is 9.47 Å². The van der Waals surface area contributed by atoms with Crippen LogP contribution in [0.25, 0.3) is 0 Å². The lowest BCUT2D eigenvalue weighted by atomic mass is 10.2. The topological polar surface area (TPSA) is 38.8 Å². The Bertz CT molecular complexity index is 564. The van der Waals surface area contributed by atoms with Crippen LogP contribution in [0.3, 0.4) is 0 Å². The number of ether oxygens (including phenoxy) is 2. The molecule has 27 heavy (non-hydrogen) atoms. The molecule has 1 aliphatic rings. The van der Waals surface area contributed by atoms with Crippen molar-refractivity contribution in [1.82, 2.24) is 0 Å². The molecule has 0 aliphatic carbocycles. The molecule has 0 amide bonds. The molecular formula is C24H34O3. The first-order valence-electron chi connectivity index (χ1n) is 10.0. The zero-order chi connectivity index (χ0) is 19.6. The van der Waals surface area contributed by atoms with Crippen LogP contribution < -0.4 is 0 Å². The number of carbonyl (C=O) groups is 1. The van der Waals surface area contributed by atoms with E-state index in [1.807, 2.05) is 37.3 Å². The molecule has 1 fully saturated rings. The summed E-state index contributed by atoms with van der Waals surface area (Å²) < 4.78 is 10.5. The van der Waals surface area contributed by atoms with Gasteiger partial charge in [-0.1, -0.05) is 79.8 Å². The summed E-state index contributed by atoms with van der Waals surface area (Å²) in [7, 11) is 0. The molecular weight excluding hydrogens is 336 g/mol. The minimum Gasteiger partial charge on any atom is -0.466 e. The number of epoxide rings is 1. The first kappa shape index (κ1) is 22.9. The summed E-state index contributed by atoms with van der Waals surface area (Å²) in [5.74, 6) is -0.130. The Morgan fingerprint density at radius 1 is 0.889 bits per heavy atom. The first-order chi connectivity index (χ1) is 13.3. The van der Waals surface area contributed by atoms with Crippen LogP contribution in [0.4, 0.5) is 0 Å². The Balaban J connectivity index is 2.03. The summed E-state index contributed by atoms with van der Waals surface area (Å²) >= 11 is 0. The Morgan fingerprint density at radius 3 is 2.44 bits per heavy atom. The zero-order valence-electron chi connectivity index (χ0n) is 16.8. The normalized spacial score (nSPS) is 20.4. The quantitative estimate of drug-likeness (QED) is 0.162. The van der Waals surface area contributed by atoms with Gasteiger partial charge in [-0.25, -0.2) is 0 Å². The molecule has 1 saturated heterocycles. The van der Waals surface area contributed by atoms with Gasteiger partial charge in [-0.3, -0.25) is 4.79 Å². The molecule has 0 aromatic carbocycles. The monoisotopic (exact) mass is 370 g/mol. The van der Waals surface area contributed by atoms with Gasteiger partial charge in [-0.2, -0.15) is 0 Å². The second-order valence-corrected chi connectivity index (χ2v) is 6.21. The van der Waals surface area contributed by atoms with Crippen LogP contribution in [-0.2, 0) is 14.3 Å². The molecule has 1 aliphatic heterocycles. The lowest BCUT2D eigenvalue weighted by Crippen LogP contribution is -2.02. The maximum atomic E-state index is 11.2. The fraction of sp³-hybridized carbons (Fsp3) is 0.458. The van der Waals surface area contributed by atoms with Crippen molar-refractivity contribution in [2.24, 2.45) is 0 Å². The van der Waals surface area contributed by atoms with Crippen molar-refractivity contribution >= 4 is 5.97 Å². The summed E-state index contributed by atoms with van der Waals surface area (Å²) in [6.07, 6.45) is 30.9. The lowest BCUT2D eigenvalue weighted by Gasteiger charge is -1.97. The SMILES string of the molecule is CC/C=C\C/C=C\CC1OC1/C=C/C=C/C=C\C/C=C\CCC(=O)OCC. The van der Waals surface area contributed by atoms with Crippen LogP contribution in [0.1, 0.15) is 52.4 Å².